The highest BCUT2D eigenvalue weighted by molar-refractivity contribution is 7.45. The second-order valence-corrected chi connectivity index (χ2v) is 23.3. The van der Waals surface area contributed by atoms with Crippen LogP contribution in [0.15, 0.2) is 72.9 Å². The molecule has 0 aromatic carbocycles. The van der Waals surface area contributed by atoms with Gasteiger partial charge in [0.25, 0.3) is 7.82 Å². The fraction of sp³-hybridized carbons (Fsp3) is 0.781. The molecule has 0 radical (unpaired) electrons. The van der Waals surface area contributed by atoms with Crippen LogP contribution >= 0.6 is 7.82 Å². The summed E-state index contributed by atoms with van der Waals surface area (Å²) in [6, 6.07) is -0.914. The van der Waals surface area contributed by atoms with E-state index in [0.717, 1.165) is 77.0 Å². The standard InChI is InChI=1S/C64H117N2O7P/c1-7-10-13-16-19-22-25-28-29-30-31-32-33-34-35-36-37-39-41-44-47-50-53-56-63(67)65-61(60-72-74(69,70)71-59-58-66(4,5)6)62(55-52-49-46-43-40-27-24-21-18-15-12-9-3)73-64(68)57-54-51-48-45-42-38-26-23-20-17-14-11-8-2/h19,22,28-29,31-32,38,42,48,51-52,55,61-62H,7-18,20-21,23-27,30,33-37,39-41,43-47,49-50,53-54,56-60H2,1-6H3,(H-,65,67,69,70)/b22-19-,29-28-,32-31-,42-38-,51-48+,55-52-. The first kappa shape index (κ1) is 71.5. The van der Waals surface area contributed by atoms with E-state index >= 15 is 0 Å². The highest BCUT2D eigenvalue weighted by Crippen LogP contribution is 2.38. The number of amides is 1. The summed E-state index contributed by atoms with van der Waals surface area (Å²) in [5.74, 6) is -0.622. The van der Waals surface area contributed by atoms with Crippen LogP contribution in [0.3, 0.4) is 0 Å². The monoisotopic (exact) mass is 1060 g/mol. The Bertz CT molecular complexity index is 1500. The quantitative estimate of drug-likeness (QED) is 0.0212. The predicted molar refractivity (Wildman–Crippen MR) is 316 cm³/mol. The molecule has 0 heterocycles. The van der Waals surface area contributed by atoms with Crippen molar-refractivity contribution in [3.8, 4) is 0 Å². The van der Waals surface area contributed by atoms with Gasteiger partial charge in [0.2, 0.25) is 5.91 Å². The minimum atomic E-state index is -4.71. The predicted octanol–water partition coefficient (Wildman–Crippen LogP) is 18.2. The Morgan fingerprint density at radius 1 is 0.473 bits per heavy atom. The van der Waals surface area contributed by atoms with Gasteiger partial charge in [-0.3, -0.25) is 14.2 Å². The lowest BCUT2D eigenvalue weighted by Crippen LogP contribution is -2.47. The molecule has 0 aromatic rings. The van der Waals surface area contributed by atoms with Crippen LogP contribution in [0.25, 0.3) is 0 Å². The van der Waals surface area contributed by atoms with E-state index in [1.54, 1.807) is 0 Å². The van der Waals surface area contributed by atoms with Gasteiger partial charge < -0.3 is 28.5 Å². The number of carbonyl (C=O) groups is 2. The molecule has 9 nitrogen and oxygen atoms in total. The molecule has 430 valence electrons. The van der Waals surface area contributed by atoms with Gasteiger partial charge in [-0.2, -0.15) is 0 Å². The number of ether oxygens (including phenoxy) is 1. The minimum Gasteiger partial charge on any atom is -0.756 e. The maximum Gasteiger partial charge on any atom is 0.306 e. The number of allylic oxidation sites excluding steroid dienone is 11. The van der Waals surface area contributed by atoms with E-state index < -0.39 is 32.5 Å². The fourth-order valence-electron chi connectivity index (χ4n) is 8.58. The van der Waals surface area contributed by atoms with Crippen LogP contribution in [0.4, 0.5) is 0 Å². The molecule has 0 aliphatic heterocycles. The molecular weight excluding hydrogens is 940 g/mol. The van der Waals surface area contributed by atoms with Crippen molar-refractivity contribution in [2.75, 3.05) is 40.9 Å². The van der Waals surface area contributed by atoms with Crippen molar-refractivity contribution >= 4 is 19.7 Å². The second-order valence-electron chi connectivity index (χ2n) is 21.8. The summed E-state index contributed by atoms with van der Waals surface area (Å²) in [7, 11) is 1.15. The van der Waals surface area contributed by atoms with Gasteiger partial charge in [-0.15, -0.1) is 0 Å². The minimum absolute atomic E-state index is 0.0325. The van der Waals surface area contributed by atoms with Gasteiger partial charge in [0.1, 0.15) is 19.3 Å². The number of nitrogens with one attached hydrogen (secondary N) is 1. The number of unbranched alkanes of at least 4 members (excludes halogenated alkanes) is 29. The zero-order valence-electron chi connectivity index (χ0n) is 49.0. The molecule has 0 saturated carbocycles. The molecule has 0 fully saturated rings. The Kier molecular flexibility index (Phi) is 52.0. The van der Waals surface area contributed by atoms with Gasteiger partial charge in [0.05, 0.1) is 33.8 Å². The Morgan fingerprint density at radius 3 is 1.28 bits per heavy atom. The van der Waals surface area contributed by atoms with Crippen molar-refractivity contribution < 1.29 is 37.3 Å². The Balaban J connectivity index is 5.24. The van der Waals surface area contributed by atoms with Crippen LogP contribution in [0.1, 0.15) is 271 Å². The molecule has 0 saturated heterocycles. The highest BCUT2D eigenvalue weighted by atomic mass is 31.2. The SMILES string of the molecule is CCCCC/C=C\C/C=C\C/C=C\CCCCCCCCCCCCC(=O)NC(COP(=O)([O-])OCC[N+](C)(C)C)C(/C=C\CCCCCCCCCCCC)OC(=O)CC/C=C/C/C=C\CCCCCCCC. The first-order valence-electron chi connectivity index (χ1n) is 30.7. The summed E-state index contributed by atoms with van der Waals surface area (Å²) in [6.07, 6.45) is 68.8. The van der Waals surface area contributed by atoms with Gasteiger partial charge in [0.15, 0.2) is 0 Å². The molecule has 3 unspecified atom stereocenters. The van der Waals surface area contributed by atoms with Crippen LogP contribution in [0, 0.1) is 0 Å². The lowest BCUT2D eigenvalue weighted by molar-refractivity contribution is -0.870. The third-order valence-electron chi connectivity index (χ3n) is 13.4. The van der Waals surface area contributed by atoms with Crippen molar-refractivity contribution in [1.82, 2.24) is 5.32 Å². The van der Waals surface area contributed by atoms with Crippen LogP contribution in [-0.2, 0) is 27.9 Å². The second kappa shape index (κ2) is 53.8. The number of phosphoric acid groups is 1. The molecule has 0 bridgehead atoms. The number of esters is 1. The van der Waals surface area contributed by atoms with Crippen molar-refractivity contribution in [1.29, 1.82) is 0 Å². The molecule has 74 heavy (non-hydrogen) atoms. The lowest BCUT2D eigenvalue weighted by Gasteiger charge is -2.30. The number of rotatable bonds is 55. The van der Waals surface area contributed by atoms with Crippen LogP contribution in [-0.4, -0.2) is 69.4 Å². The maximum atomic E-state index is 13.5. The van der Waals surface area contributed by atoms with E-state index in [-0.39, 0.29) is 18.9 Å². The molecule has 3 atom stereocenters. The van der Waals surface area contributed by atoms with Crippen molar-refractivity contribution in [3.05, 3.63) is 72.9 Å². The summed E-state index contributed by atoms with van der Waals surface area (Å²) < 4.78 is 30.2. The summed E-state index contributed by atoms with van der Waals surface area (Å²) in [4.78, 5) is 39.9. The van der Waals surface area contributed by atoms with E-state index in [2.05, 4.69) is 80.8 Å². The number of hydrogen-bond acceptors (Lipinski definition) is 7. The van der Waals surface area contributed by atoms with Gasteiger partial charge in [-0.1, -0.05) is 242 Å². The smallest absolute Gasteiger partial charge is 0.306 e. The van der Waals surface area contributed by atoms with Gasteiger partial charge in [0, 0.05) is 12.8 Å². The molecule has 1 N–H and O–H groups in total. The number of phosphoric ester groups is 1. The van der Waals surface area contributed by atoms with E-state index in [1.807, 2.05) is 39.4 Å². The largest absolute Gasteiger partial charge is 0.756 e. The first-order chi connectivity index (χ1) is 35.9. The molecule has 0 aromatic heterocycles. The number of quaternary nitrogens is 1. The molecule has 0 aliphatic carbocycles. The van der Waals surface area contributed by atoms with Gasteiger partial charge in [-0.25, -0.2) is 0 Å². The topological polar surface area (TPSA) is 114 Å². The fourth-order valence-corrected chi connectivity index (χ4v) is 9.30. The number of nitrogens with zero attached hydrogens (tertiary/aromatic N) is 1. The van der Waals surface area contributed by atoms with Crippen LogP contribution in [0.2, 0.25) is 0 Å². The Morgan fingerprint density at radius 2 is 0.838 bits per heavy atom. The third kappa shape index (κ3) is 54.2. The Hall–Kier alpha value is -2.55. The van der Waals surface area contributed by atoms with Crippen molar-refractivity contribution in [2.24, 2.45) is 0 Å². The zero-order valence-corrected chi connectivity index (χ0v) is 49.9. The van der Waals surface area contributed by atoms with E-state index in [0.29, 0.717) is 23.9 Å². The third-order valence-corrected chi connectivity index (χ3v) is 14.3. The molecule has 0 spiro atoms. The molecule has 0 aliphatic rings. The van der Waals surface area contributed by atoms with E-state index in [9.17, 15) is 19.0 Å². The summed E-state index contributed by atoms with van der Waals surface area (Å²) >= 11 is 0. The van der Waals surface area contributed by atoms with Crippen LogP contribution < -0.4 is 10.2 Å². The Labute approximate surface area is 457 Å². The van der Waals surface area contributed by atoms with Crippen LogP contribution in [0.5, 0.6) is 0 Å². The average Bonchev–Trinajstić information content (AvgIpc) is 3.36. The van der Waals surface area contributed by atoms with Gasteiger partial charge in [-0.05, 0) is 89.5 Å². The van der Waals surface area contributed by atoms with Crippen molar-refractivity contribution in [2.45, 2.75) is 283 Å². The maximum absolute atomic E-state index is 13.5. The average molecular weight is 1060 g/mol. The molecular formula is C64H117N2O7P. The molecule has 10 heteroatoms. The number of hydrogen-bond donors (Lipinski definition) is 1. The van der Waals surface area contributed by atoms with E-state index in [1.165, 1.54) is 154 Å². The zero-order chi connectivity index (χ0) is 54.3. The number of likely N-dealkylation sites (N-methyl/N-ethyl adjacent to an activating group) is 1. The molecule has 1 amide bonds. The lowest BCUT2D eigenvalue weighted by atomic mass is 10.0. The first-order valence-corrected chi connectivity index (χ1v) is 32.2. The summed E-state index contributed by atoms with van der Waals surface area (Å²) in [6.45, 7) is 6.77. The highest BCUT2D eigenvalue weighted by Gasteiger charge is 2.27. The van der Waals surface area contributed by atoms with Crippen molar-refractivity contribution in [3.63, 3.8) is 0 Å². The normalized spacial score (nSPS) is 14.2. The summed E-state index contributed by atoms with van der Waals surface area (Å²) in [5, 5.41) is 3.01. The van der Waals surface area contributed by atoms with Gasteiger partial charge >= 0.3 is 5.97 Å². The number of carbonyl (C=O) groups excluding carboxylic acids is 2. The molecule has 0 rings (SSSR count). The summed E-state index contributed by atoms with van der Waals surface area (Å²) in [5.41, 5.74) is 0. The van der Waals surface area contributed by atoms with E-state index in [4.69, 9.17) is 13.8 Å².